The summed E-state index contributed by atoms with van der Waals surface area (Å²) in [6.45, 7) is 9.40. The summed E-state index contributed by atoms with van der Waals surface area (Å²) in [6, 6.07) is 5.76. The Labute approximate surface area is 212 Å². The fourth-order valence-electron chi connectivity index (χ4n) is 4.29. The molecule has 5 rings (SSSR count). The lowest BCUT2D eigenvalue weighted by molar-refractivity contribution is -0.0402. The summed E-state index contributed by atoms with van der Waals surface area (Å²) in [4.78, 5) is 15.5. The zero-order chi connectivity index (χ0) is 23.3. The Bertz CT molecular complexity index is 1370. The Morgan fingerprint density at radius 3 is 2.73 bits per heavy atom. The monoisotopic (exact) mass is 517 g/mol. The van der Waals surface area contributed by atoms with E-state index in [1.54, 1.807) is 29.4 Å². The van der Waals surface area contributed by atoms with Crippen LogP contribution in [0.3, 0.4) is 0 Å². The number of ether oxygens (including phenoxy) is 1. The maximum Gasteiger partial charge on any atom is 0.126 e. The summed E-state index contributed by atoms with van der Waals surface area (Å²) in [6.07, 6.45) is 3.47. The standard InChI is InChI=1S/C25H25Cl2N3OS2/c1-13(2)7-19-16-10-31-25(3,4)9-15(16)20-21-22(33-23(20)30-19)24(29-12-28-21)32-11-14-5-6-17(26)18(27)8-14/h5-6,8,12-13H,7,9-11H2,1-4H3. The fourth-order valence-corrected chi connectivity index (χ4v) is 6.81. The number of pyridine rings is 1. The van der Waals surface area contributed by atoms with Crippen molar-refractivity contribution in [3.63, 3.8) is 0 Å². The van der Waals surface area contributed by atoms with Crippen molar-refractivity contribution in [3.8, 4) is 0 Å². The van der Waals surface area contributed by atoms with Crippen molar-refractivity contribution in [2.45, 2.75) is 63.5 Å². The first-order valence-electron chi connectivity index (χ1n) is 11.0. The lowest BCUT2D eigenvalue weighted by Gasteiger charge is -2.33. The minimum absolute atomic E-state index is 0.205. The van der Waals surface area contributed by atoms with Gasteiger partial charge in [-0.15, -0.1) is 23.1 Å². The number of rotatable bonds is 5. The highest BCUT2D eigenvalue weighted by Crippen LogP contribution is 2.43. The molecule has 4 heterocycles. The summed E-state index contributed by atoms with van der Waals surface area (Å²) in [7, 11) is 0. The second-order valence-corrected chi connectivity index (χ2v) is 12.3. The van der Waals surface area contributed by atoms with Crippen LogP contribution in [-0.4, -0.2) is 20.6 Å². The Kier molecular flexibility index (Phi) is 6.34. The molecule has 4 nitrogen and oxygen atoms in total. The number of benzene rings is 1. The molecule has 0 amide bonds. The van der Waals surface area contributed by atoms with Crippen molar-refractivity contribution in [3.05, 3.63) is 57.0 Å². The molecular formula is C25H25Cl2N3OS2. The molecule has 4 aromatic rings. The molecule has 1 aliphatic rings. The molecule has 0 saturated carbocycles. The van der Waals surface area contributed by atoms with E-state index in [-0.39, 0.29) is 5.60 Å². The van der Waals surface area contributed by atoms with E-state index < -0.39 is 0 Å². The SMILES string of the molecule is CC(C)Cc1nc2sc3c(SCc4ccc(Cl)c(Cl)c4)ncnc3c2c2c1COC(C)(C)C2. The van der Waals surface area contributed by atoms with Gasteiger partial charge in [-0.25, -0.2) is 15.0 Å². The molecule has 8 heteroatoms. The van der Waals surface area contributed by atoms with E-state index >= 15 is 0 Å². The molecule has 33 heavy (non-hydrogen) atoms. The number of aromatic nitrogens is 3. The Hall–Kier alpha value is -1.44. The molecule has 0 unspecified atom stereocenters. The normalized spacial score (nSPS) is 15.5. The number of hydrogen-bond donors (Lipinski definition) is 0. The van der Waals surface area contributed by atoms with Crippen molar-refractivity contribution >= 4 is 66.7 Å². The number of halogens is 2. The lowest BCUT2D eigenvalue weighted by Crippen LogP contribution is -2.33. The summed E-state index contributed by atoms with van der Waals surface area (Å²) < 4.78 is 7.28. The Morgan fingerprint density at radius 2 is 1.97 bits per heavy atom. The van der Waals surface area contributed by atoms with Gasteiger partial charge in [0.1, 0.15) is 16.2 Å². The van der Waals surface area contributed by atoms with E-state index in [4.69, 9.17) is 37.9 Å². The van der Waals surface area contributed by atoms with Gasteiger partial charge in [0, 0.05) is 28.8 Å². The second-order valence-electron chi connectivity index (χ2n) is 9.51. The van der Waals surface area contributed by atoms with Crippen LogP contribution in [-0.2, 0) is 29.9 Å². The van der Waals surface area contributed by atoms with Gasteiger partial charge in [0.15, 0.2) is 0 Å². The van der Waals surface area contributed by atoms with Crippen molar-refractivity contribution in [2.75, 3.05) is 0 Å². The number of fused-ring (bicyclic) bond motifs is 5. The van der Waals surface area contributed by atoms with Gasteiger partial charge in [-0.05, 0) is 49.4 Å². The molecule has 0 spiro atoms. The minimum atomic E-state index is -0.205. The largest absolute Gasteiger partial charge is 0.370 e. The van der Waals surface area contributed by atoms with E-state index in [0.29, 0.717) is 22.6 Å². The first-order chi connectivity index (χ1) is 15.7. The maximum atomic E-state index is 6.20. The molecule has 1 aliphatic heterocycles. The molecular weight excluding hydrogens is 493 g/mol. The van der Waals surface area contributed by atoms with Gasteiger partial charge in [-0.3, -0.25) is 0 Å². The summed E-state index contributed by atoms with van der Waals surface area (Å²) >= 11 is 15.7. The predicted octanol–water partition coefficient (Wildman–Crippen LogP) is 7.89. The predicted molar refractivity (Wildman–Crippen MR) is 140 cm³/mol. The molecule has 0 fully saturated rings. The highest BCUT2D eigenvalue weighted by Gasteiger charge is 2.31. The van der Waals surface area contributed by atoms with E-state index in [0.717, 1.165) is 49.9 Å². The number of hydrogen-bond acceptors (Lipinski definition) is 6. The van der Waals surface area contributed by atoms with Gasteiger partial charge in [-0.2, -0.15) is 0 Å². The first-order valence-corrected chi connectivity index (χ1v) is 13.6. The number of nitrogens with zero attached hydrogens (tertiary/aromatic N) is 3. The zero-order valence-corrected chi connectivity index (χ0v) is 22.2. The molecule has 0 saturated heterocycles. The van der Waals surface area contributed by atoms with Gasteiger partial charge >= 0.3 is 0 Å². The lowest BCUT2D eigenvalue weighted by atomic mass is 9.88. The third-order valence-electron chi connectivity index (χ3n) is 5.84. The molecule has 0 aliphatic carbocycles. The fraction of sp³-hybridized carbons (Fsp3) is 0.400. The Balaban J connectivity index is 1.61. The van der Waals surface area contributed by atoms with Crippen LogP contribution in [0, 0.1) is 5.92 Å². The van der Waals surface area contributed by atoms with E-state index in [1.807, 2.05) is 18.2 Å². The average Bonchev–Trinajstić information content (AvgIpc) is 3.12. The average molecular weight is 519 g/mol. The molecule has 172 valence electrons. The molecule has 0 N–H and O–H groups in total. The second kappa shape index (κ2) is 8.97. The van der Waals surface area contributed by atoms with Crippen LogP contribution >= 0.6 is 46.3 Å². The summed E-state index contributed by atoms with van der Waals surface area (Å²) in [5.74, 6) is 1.28. The highest BCUT2D eigenvalue weighted by molar-refractivity contribution is 7.98. The van der Waals surface area contributed by atoms with E-state index in [2.05, 4.69) is 32.7 Å². The third kappa shape index (κ3) is 4.61. The van der Waals surface area contributed by atoms with Crippen LogP contribution in [0.2, 0.25) is 10.0 Å². The molecule has 0 atom stereocenters. The maximum absolute atomic E-state index is 6.20. The van der Waals surface area contributed by atoms with Crippen LogP contribution in [0.25, 0.3) is 20.4 Å². The molecule has 3 aromatic heterocycles. The van der Waals surface area contributed by atoms with E-state index in [1.165, 1.54) is 16.5 Å². The van der Waals surface area contributed by atoms with Crippen LogP contribution < -0.4 is 0 Å². The molecule has 1 aromatic carbocycles. The van der Waals surface area contributed by atoms with Crippen molar-refractivity contribution in [1.29, 1.82) is 0 Å². The first kappa shape index (κ1) is 23.3. The molecule has 0 radical (unpaired) electrons. The molecule has 0 bridgehead atoms. The summed E-state index contributed by atoms with van der Waals surface area (Å²) in [5.41, 5.74) is 5.65. The Morgan fingerprint density at radius 1 is 1.15 bits per heavy atom. The van der Waals surface area contributed by atoms with E-state index in [9.17, 15) is 0 Å². The zero-order valence-electron chi connectivity index (χ0n) is 19.0. The van der Waals surface area contributed by atoms with Crippen molar-refractivity contribution < 1.29 is 4.74 Å². The van der Waals surface area contributed by atoms with Gasteiger partial charge in [0.05, 0.1) is 32.5 Å². The third-order valence-corrected chi connectivity index (χ3v) is 8.85. The van der Waals surface area contributed by atoms with Crippen LogP contribution in [0.1, 0.15) is 50.1 Å². The minimum Gasteiger partial charge on any atom is -0.370 e. The van der Waals surface area contributed by atoms with Crippen LogP contribution in [0.4, 0.5) is 0 Å². The summed E-state index contributed by atoms with van der Waals surface area (Å²) in [5, 5.41) is 3.29. The van der Waals surface area contributed by atoms with Crippen molar-refractivity contribution in [1.82, 2.24) is 15.0 Å². The smallest absolute Gasteiger partial charge is 0.126 e. The highest BCUT2D eigenvalue weighted by atomic mass is 35.5. The van der Waals surface area contributed by atoms with Gasteiger partial charge in [0.2, 0.25) is 0 Å². The van der Waals surface area contributed by atoms with Gasteiger partial charge in [-0.1, -0.05) is 43.1 Å². The number of thioether (sulfide) groups is 1. The van der Waals surface area contributed by atoms with Crippen molar-refractivity contribution in [2.24, 2.45) is 5.92 Å². The van der Waals surface area contributed by atoms with Crippen LogP contribution in [0.15, 0.2) is 29.6 Å². The topological polar surface area (TPSA) is 47.9 Å². The van der Waals surface area contributed by atoms with Gasteiger partial charge in [0.25, 0.3) is 0 Å². The quantitative estimate of drug-likeness (QED) is 0.199. The number of thiophene rings is 1. The van der Waals surface area contributed by atoms with Gasteiger partial charge < -0.3 is 4.74 Å². The van der Waals surface area contributed by atoms with Crippen LogP contribution in [0.5, 0.6) is 0 Å².